The number of aryl methyl sites for hydroxylation is 1. The van der Waals surface area contributed by atoms with Gasteiger partial charge in [-0.1, -0.05) is 36.5 Å². The zero-order valence-corrected chi connectivity index (χ0v) is 12.7. The molecule has 0 radical (unpaired) electrons. The van der Waals surface area contributed by atoms with Crippen LogP contribution >= 0.6 is 28.1 Å². The maximum Gasteiger partial charge on any atom is 0.121 e. The van der Waals surface area contributed by atoms with Crippen molar-refractivity contribution in [2.45, 2.75) is 6.92 Å². The minimum Gasteiger partial charge on any atom is -0.287 e. The molecule has 0 atom stereocenters. The number of nitrogens with zero attached hydrogens (tertiary/aromatic N) is 2. The first-order valence-electron chi connectivity index (χ1n) is 5.92. The second-order valence-corrected chi connectivity index (χ2v) is 5.51. The van der Waals surface area contributed by atoms with Crippen molar-refractivity contribution in [1.29, 1.82) is 0 Å². The number of fused-ring (bicyclic) bond motifs is 1. The third-order valence-corrected chi connectivity index (χ3v) is 4.11. The van der Waals surface area contributed by atoms with E-state index >= 15 is 0 Å². The Morgan fingerprint density at radius 1 is 1.05 bits per heavy atom. The fourth-order valence-electron chi connectivity index (χ4n) is 2.16. The Morgan fingerprint density at radius 2 is 1.74 bits per heavy atom. The molecule has 2 nitrogen and oxygen atoms in total. The molecule has 0 N–H and O–H groups in total. The zero-order chi connectivity index (χ0) is 13.4. The highest BCUT2D eigenvalue weighted by molar-refractivity contribution is 9.10. The molecule has 0 aliphatic rings. The van der Waals surface area contributed by atoms with Crippen molar-refractivity contribution in [2.75, 3.05) is 0 Å². The van der Waals surface area contributed by atoms with Gasteiger partial charge in [-0.3, -0.25) is 4.57 Å². The van der Waals surface area contributed by atoms with Crippen LogP contribution in [0.15, 0.2) is 53.0 Å². The number of hydrogen-bond donors (Lipinski definition) is 0. The molecule has 0 spiro atoms. The van der Waals surface area contributed by atoms with Gasteiger partial charge in [0.05, 0.1) is 11.2 Å². The van der Waals surface area contributed by atoms with Gasteiger partial charge in [-0.05, 0) is 47.1 Å². The molecule has 1 aromatic heterocycles. The molecule has 1 heterocycles. The van der Waals surface area contributed by atoms with Crippen molar-refractivity contribution in [3.05, 3.63) is 63.5 Å². The standard InChI is InChI=1S/C15H11BrN2S/c1-10-17-13-8-4-2-6-11(13)15(19)18(10)14-9-5-3-7-12(14)16/h2-9H,1H3. The summed E-state index contributed by atoms with van der Waals surface area (Å²) < 4.78 is 3.79. The Kier molecular flexibility index (Phi) is 3.21. The van der Waals surface area contributed by atoms with E-state index in [9.17, 15) is 0 Å². The molecule has 3 rings (SSSR count). The fourth-order valence-corrected chi connectivity index (χ4v) is 3.03. The van der Waals surface area contributed by atoms with Crippen LogP contribution in [0, 0.1) is 11.6 Å². The summed E-state index contributed by atoms with van der Waals surface area (Å²) in [6.45, 7) is 1.97. The van der Waals surface area contributed by atoms with E-state index in [1.54, 1.807) is 0 Å². The van der Waals surface area contributed by atoms with Gasteiger partial charge in [-0.2, -0.15) is 0 Å². The van der Waals surface area contributed by atoms with Crippen molar-refractivity contribution in [2.24, 2.45) is 0 Å². The monoisotopic (exact) mass is 330 g/mol. The van der Waals surface area contributed by atoms with Crippen LogP contribution < -0.4 is 0 Å². The summed E-state index contributed by atoms with van der Waals surface area (Å²) in [5.41, 5.74) is 1.96. The lowest BCUT2D eigenvalue weighted by Gasteiger charge is -2.13. The van der Waals surface area contributed by atoms with Crippen LogP contribution in [0.4, 0.5) is 0 Å². The molecule has 3 aromatic rings. The number of rotatable bonds is 1. The number of benzene rings is 2. The minimum absolute atomic E-state index is 0.787. The van der Waals surface area contributed by atoms with Crippen LogP contribution in [0.1, 0.15) is 5.82 Å². The van der Waals surface area contributed by atoms with Gasteiger partial charge in [-0.25, -0.2) is 4.98 Å². The van der Waals surface area contributed by atoms with Gasteiger partial charge in [0.1, 0.15) is 10.5 Å². The molecule has 0 bridgehead atoms. The maximum absolute atomic E-state index is 5.62. The molecule has 0 saturated carbocycles. The summed E-state index contributed by atoms with van der Waals surface area (Å²) >= 11 is 9.20. The molecular formula is C15H11BrN2S. The van der Waals surface area contributed by atoms with Crippen LogP contribution in [0.2, 0.25) is 0 Å². The van der Waals surface area contributed by atoms with E-state index in [1.807, 2.05) is 60.0 Å². The Hall–Kier alpha value is -1.52. The number of halogens is 1. The van der Waals surface area contributed by atoms with Gasteiger partial charge in [-0.15, -0.1) is 0 Å². The Bertz CT molecular complexity index is 824. The van der Waals surface area contributed by atoms with Crippen molar-refractivity contribution in [3.8, 4) is 5.69 Å². The molecule has 94 valence electrons. The van der Waals surface area contributed by atoms with Crippen LogP contribution in [0.5, 0.6) is 0 Å². The summed E-state index contributed by atoms with van der Waals surface area (Å²) in [6.07, 6.45) is 0. The summed E-state index contributed by atoms with van der Waals surface area (Å²) in [7, 11) is 0. The topological polar surface area (TPSA) is 17.8 Å². The Balaban J connectivity index is 2.43. The van der Waals surface area contributed by atoms with Crippen molar-refractivity contribution in [1.82, 2.24) is 9.55 Å². The highest BCUT2D eigenvalue weighted by Gasteiger charge is 2.08. The van der Waals surface area contributed by atoms with E-state index in [1.165, 1.54) is 0 Å². The van der Waals surface area contributed by atoms with Gasteiger partial charge in [0, 0.05) is 9.86 Å². The van der Waals surface area contributed by atoms with Gasteiger partial charge in [0.25, 0.3) is 0 Å². The first-order chi connectivity index (χ1) is 9.18. The SMILES string of the molecule is Cc1nc2ccccc2c(=S)n1-c1ccccc1Br. The summed E-state index contributed by atoms with van der Waals surface area (Å²) in [4.78, 5) is 4.63. The molecule has 19 heavy (non-hydrogen) atoms. The van der Waals surface area contributed by atoms with Crippen LogP contribution in [-0.4, -0.2) is 9.55 Å². The molecule has 0 unspecified atom stereocenters. The smallest absolute Gasteiger partial charge is 0.121 e. The summed E-state index contributed by atoms with van der Waals surface area (Å²) in [5.74, 6) is 0.885. The zero-order valence-electron chi connectivity index (χ0n) is 10.3. The minimum atomic E-state index is 0.787. The number of aromatic nitrogens is 2. The van der Waals surface area contributed by atoms with Gasteiger partial charge >= 0.3 is 0 Å². The first-order valence-corrected chi connectivity index (χ1v) is 7.12. The number of hydrogen-bond acceptors (Lipinski definition) is 2. The Labute approximate surface area is 124 Å². The van der Waals surface area contributed by atoms with Gasteiger partial charge in [0.15, 0.2) is 0 Å². The molecule has 0 amide bonds. The quantitative estimate of drug-likeness (QED) is 0.595. The van der Waals surface area contributed by atoms with Crippen LogP contribution in [-0.2, 0) is 0 Å². The predicted octanol–water partition coefficient (Wildman–Crippen LogP) is 4.83. The Morgan fingerprint density at radius 3 is 2.53 bits per heavy atom. The van der Waals surface area contributed by atoms with E-state index < -0.39 is 0 Å². The van der Waals surface area contributed by atoms with E-state index in [-0.39, 0.29) is 0 Å². The van der Waals surface area contributed by atoms with E-state index in [0.717, 1.165) is 31.5 Å². The molecule has 4 heteroatoms. The average molecular weight is 331 g/mol. The van der Waals surface area contributed by atoms with Crippen molar-refractivity contribution < 1.29 is 0 Å². The van der Waals surface area contributed by atoms with E-state index in [0.29, 0.717) is 0 Å². The molecule has 0 saturated heterocycles. The van der Waals surface area contributed by atoms with E-state index in [4.69, 9.17) is 12.2 Å². The lowest BCUT2D eigenvalue weighted by Crippen LogP contribution is -2.05. The molecular weight excluding hydrogens is 320 g/mol. The van der Waals surface area contributed by atoms with Crippen molar-refractivity contribution >= 4 is 39.1 Å². The lowest BCUT2D eigenvalue weighted by molar-refractivity contribution is 0.912. The first kappa shape index (κ1) is 12.5. The summed E-state index contributed by atoms with van der Waals surface area (Å²) in [6, 6.07) is 16.0. The molecule has 0 aliphatic carbocycles. The highest BCUT2D eigenvalue weighted by atomic mass is 79.9. The predicted molar refractivity (Wildman–Crippen MR) is 84.3 cm³/mol. The van der Waals surface area contributed by atoms with Gasteiger partial charge in [0.2, 0.25) is 0 Å². The normalized spacial score (nSPS) is 10.8. The second kappa shape index (κ2) is 4.87. The lowest BCUT2D eigenvalue weighted by atomic mass is 10.2. The largest absolute Gasteiger partial charge is 0.287 e. The third kappa shape index (κ3) is 2.11. The van der Waals surface area contributed by atoms with E-state index in [2.05, 4.69) is 20.9 Å². The fraction of sp³-hybridized carbons (Fsp3) is 0.0667. The third-order valence-electron chi connectivity index (χ3n) is 3.04. The number of para-hydroxylation sites is 2. The molecule has 0 aliphatic heterocycles. The molecule has 0 fully saturated rings. The van der Waals surface area contributed by atoms with Crippen molar-refractivity contribution in [3.63, 3.8) is 0 Å². The second-order valence-electron chi connectivity index (χ2n) is 4.27. The average Bonchev–Trinajstić information content (AvgIpc) is 2.41. The maximum atomic E-state index is 5.62. The van der Waals surface area contributed by atoms with Crippen LogP contribution in [0.25, 0.3) is 16.6 Å². The van der Waals surface area contributed by atoms with Gasteiger partial charge < -0.3 is 0 Å². The molecule has 2 aromatic carbocycles. The summed E-state index contributed by atoms with van der Waals surface area (Å²) in [5, 5.41) is 0.999. The highest BCUT2D eigenvalue weighted by Crippen LogP contribution is 2.24. The van der Waals surface area contributed by atoms with Crippen LogP contribution in [0.3, 0.4) is 0 Å².